The van der Waals surface area contributed by atoms with Crippen LogP contribution in [0.2, 0.25) is 0 Å². The monoisotopic (exact) mass is 220 g/mol. The van der Waals surface area contributed by atoms with Crippen LogP contribution in [-0.2, 0) is 0 Å². The second kappa shape index (κ2) is 8.15. The summed E-state index contributed by atoms with van der Waals surface area (Å²) in [5.74, 6) is 0. The molecule has 0 N–H and O–H groups in total. The van der Waals surface area contributed by atoms with Gasteiger partial charge in [0.1, 0.15) is 0 Å². The minimum atomic E-state index is 0.175. The fraction of sp³-hybridized carbons (Fsp3) is 0.500. The van der Waals surface area contributed by atoms with Gasteiger partial charge in [0.05, 0.1) is 0 Å². The second-order valence-corrected chi connectivity index (χ2v) is 5.05. The molecule has 0 amide bonds. The first-order chi connectivity index (χ1) is 7.24. The van der Waals surface area contributed by atoms with E-state index in [2.05, 4.69) is 53.0 Å². The Morgan fingerprint density at radius 3 is 1.00 bits per heavy atom. The van der Waals surface area contributed by atoms with Crippen molar-refractivity contribution in [2.75, 3.05) is 0 Å². The van der Waals surface area contributed by atoms with E-state index in [1.165, 1.54) is 0 Å². The summed E-state index contributed by atoms with van der Waals surface area (Å²) < 4.78 is 0. The van der Waals surface area contributed by atoms with E-state index in [1.54, 1.807) is 0 Å². The molecule has 16 heavy (non-hydrogen) atoms. The molecule has 0 saturated carbocycles. The van der Waals surface area contributed by atoms with Crippen LogP contribution in [0.1, 0.15) is 41.5 Å². The van der Waals surface area contributed by atoms with Crippen molar-refractivity contribution < 1.29 is 0 Å². The normalized spacial score (nSPS) is 12.4. The summed E-state index contributed by atoms with van der Waals surface area (Å²) in [5, 5.41) is 0. The fourth-order valence-corrected chi connectivity index (χ4v) is 0.995. The quantitative estimate of drug-likeness (QED) is 0.545. The first-order valence-electron chi connectivity index (χ1n) is 5.79. The molecule has 0 heteroatoms. The molecule has 0 spiro atoms. The summed E-state index contributed by atoms with van der Waals surface area (Å²) in [6.07, 6.45) is 12.2. The van der Waals surface area contributed by atoms with Gasteiger partial charge in [-0.15, -0.1) is 13.2 Å². The number of hydrogen-bond acceptors (Lipinski definition) is 0. The van der Waals surface area contributed by atoms with Crippen LogP contribution in [0.4, 0.5) is 0 Å². The molecule has 0 aliphatic rings. The standard InChI is InChI=1S/2C8H14/c2*1-5-7-8(3,4)6-2/h2*5-7H,2H2,1,3-4H3. The van der Waals surface area contributed by atoms with Gasteiger partial charge in [0, 0.05) is 10.8 Å². The topological polar surface area (TPSA) is 0 Å². The Morgan fingerprint density at radius 2 is 0.938 bits per heavy atom. The molecule has 92 valence electrons. The van der Waals surface area contributed by atoms with Gasteiger partial charge in [0.2, 0.25) is 0 Å². The molecule has 0 rings (SSSR count). The maximum atomic E-state index is 3.70. The van der Waals surface area contributed by atoms with Crippen molar-refractivity contribution in [3.63, 3.8) is 0 Å². The first kappa shape index (κ1) is 17.4. The predicted molar refractivity (Wildman–Crippen MR) is 77.6 cm³/mol. The highest BCUT2D eigenvalue weighted by Crippen LogP contribution is 2.17. The molecule has 0 nitrogen and oxygen atoms in total. The van der Waals surface area contributed by atoms with Crippen LogP contribution in [-0.4, -0.2) is 0 Å². The number of allylic oxidation sites excluding steroid dienone is 6. The van der Waals surface area contributed by atoms with Gasteiger partial charge < -0.3 is 0 Å². The van der Waals surface area contributed by atoms with Crippen LogP contribution in [0, 0.1) is 10.8 Å². The largest absolute Gasteiger partial charge is 0.102 e. The summed E-state index contributed by atoms with van der Waals surface area (Å²) >= 11 is 0. The molecule has 0 radical (unpaired) electrons. The van der Waals surface area contributed by atoms with Crippen molar-refractivity contribution in [1.29, 1.82) is 0 Å². The van der Waals surface area contributed by atoms with Gasteiger partial charge in [-0.1, -0.05) is 64.2 Å². The Kier molecular flexibility index (Phi) is 8.84. The second-order valence-electron chi connectivity index (χ2n) is 5.05. The summed E-state index contributed by atoms with van der Waals surface area (Å²) in [5.41, 5.74) is 0.351. The highest BCUT2D eigenvalue weighted by atomic mass is 14.1. The minimum Gasteiger partial charge on any atom is -0.102 e. The lowest BCUT2D eigenvalue weighted by molar-refractivity contribution is 0.627. The van der Waals surface area contributed by atoms with Gasteiger partial charge in [0.15, 0.2) is 0 Å². The molecule has 0 fully saturated rings. The number of rotatable bonds is 4. The molecule has 0 heterocycles. The highest BCUT2D eigenvalue weighted by molar-refractivity contribution is 5.03. The van der Waals surface area contributed by atoms with Gasteiger partial charge in [-0.05, 0) is 13.8 Å². The van der Waals surface area contributed by atoms with E-state index in [-0.39, 0.29) is 10.8 Å². The Hall–Kier alpha value is -1.04. The average Bonchev–Trinajstić information content (AvgIpc) is 2.19. The maximum Gasteiger partial charge on any atom is 0.000162 e. The van der Waals surface area contributed by atoms with Crippen molar-refractivity contribution >= 4 is 0 Å². The van der Waals surface area contributed by atoms with Crippen LogP contribution >= 0.6 is 0 Å². The molecule has 0 atom stereocenters. The van der Waals surface area contributed by atoms with Crippen LogP contribution in [0.3, 0.4) is 0 Å². The third-order valence-corrected chi connectivity index (χ3v) is 2.24. The summed E-state index contributed by atoms with van der Waals surface area (Å²) in [4.78, 5) is 0. The molecule has 0 aliphatic heterocycles. The Balaban J connectivity index is 0. The van der Waals surface area contributed by atoms with E-state index in [0.29, 0.717) is 0 Å². The smallest absolute Gasteiger partial charge is 0.000162 e. The molecule has 0 aromatic rings. The number of hydrogen-bond donors (Lipinski definition) is 0. The Bertz CT molecular complexity index is 221. The summed E-state index contributed by atoms with van der Waals surface area (Å²) in [6.45, 7) is 19.9. The molecule has 0 unspecified atom stereocenters. The lowest BCUT2D eigenvalue weighted by atomic mass is 9.94. The third-order valence-electron chi connectivity index (χ3n) is 2.24. The maximum absolute atomic E-state index is 3.70. The molecule has 0 bridgehead atoms. The lowest BCUT2D eigenvalue weighted by Gasteiger charge is -2.11. The van der Waals surface area contributed by atoms with Crippen LogP contribution in [0.15, 0.2) is 49.6 Å². The van der Waals surface area contributed by atoms with E-state index in [1.807, 2.05) is 38.2 Å². The Morgan fingerprint density at radius 1 is 0.688 bits per heavy atom. The van der Waals surface area contributed by atoms with E-state index in [0.717, 1.165) is 0 Å². The fourth-order valence-electron chi connectivity index (χ4n) is 0.995. The zero-order valence-electron chi connectivity index (χ0n) is 11.9. The SMILES string of the molecule is C=CC(C)(C)C=CC.C=CC(C)(C)C=CC. The van der Waals surface area contributed by atoms with Gasteiger partial charge in [-0.25, -0.2) is 0 Å². The van der Waals surface area contributed by atoms with Gasteiger partial charge in [-0.3, -0.25) is 0 Å². The van der Waals surface area contributed by atoms with E-state index in [9.17, 15) is 0 Å². The first-order valence-corrected chi connectivity index (χ1v) is 5.79. The molecular weight excluding hydrogens is 192 g/mol. The summed E-state index contributed by atoms with van der Waals surface area (Å²) in [7, 11) is 0. The average molecular weight is 220 g/mol. The third kappa shape index (κ3) is 11.0. The van der Waals surface area contributed by atoms with Crippen LogP contribution in [0.25, 0.3) is 0 Å². The van der Waals surface area contributed by atoms with E-state index < -0.39 is 0 Å². The van der Waals surface area contributed by atoms with Gasteiger partial charge >= 0.3 is 0 Å². The van der Waals surface area contributed by atoms with E-state index in [4.69, 9.17) is 0 Å². The van der Waals surface area contributed by atoms with Gasteiger partial charge in [-0.2, -0.15) is 0 Å². The molecule has 0 aromatic heterocycles. The highest BCUT2D eigenvalue weighted by Gasteiger charge is 2.05. The van der Waals surface area contributed by atoms with Crippen molar-refractivity contribution in [2.45, 2.75) is 41.5 Å². The molecular formula is C16H28. The Labute approximate surface area is 102 Å². The molecule has 0 saturated heterocycles. The predicted octanol–water partition coefficient (Wildman–Crippen LogP) is 5.55. The van der Waals surface area contributed by atoms with Crippen molar-refractivity contribution in [2.24, 2.45) is 10.8 Å². The van der Waals surface area contributed by atoms with Crippen LogP contribution in [0.5, 0.6) is 0 Å². The zero-order valence-corrected chi connectivity index (χ0v) is 11.9. The molecule has 0 aromatic carbocycles. The lowest BCUT2D eigenvalue weighted by Crippen LogP contribution is -1.99. The van der Waals surface area contributed by atoms with Crippen molar-refractivity contribution in [3.8, 4) is 0 Å². The minimum absolute atomic E-state index is 0.175. The van der Waals surface area contributed by atoms with Crippen molar-refractivity contribution in [3.05, 3.63) is 49.6 Å². The van der Waals surface area contributed by atoms with Gasteiger partial charge in [0.25, 0.3) is 0 Å². The van der Waals surface area contributed by atoms with Crippen LogP contribution < -0.4 is 0 Å². The van der Waals surface area contributed by atoms with E-state index >= 15 is 0 Å². The van der Waals surface area contributed by atoms with Crippen molar-refractivity contribution in [1.82, 2.24) is 0 Å². The molecule has 0 aliphatic carbocycles. The zero-order chi connectivity index (χ0) is 13.2. The summed E-state index contributed by atoms with van der Waals surface area (Å²) in [6, 6.07) is 0.